The lowest BCUT2D eigenvalue weighted by molar-refractivity contribution is -0.118. The summed E-state index contributed by atoms with van der Waals surface area (Å²) in [5.41, 5.74) is 2.23. The molecule has 2 heterocycles. The molecule has 1 N–H and O–H groups in total. The molecular formula is C20H24N4O3S. The molecule has 7 nitrogen and oxygen atoms in total. The van der Waals surface area contributed by atoms with Gasteiger partial charge in [-0.1, -0.05) is 23.9 Å². The lowest BCUT2D eigenvalue weighted by Gasteiger charge is -2.11. The summed E-state index contributed by atoms with van der Waals surface area (Å²) in [5, 5.41) is 12.0. The van der Waals surface area contributed by atoms with E-state index in [0.717, 1.165) is 28.5 Å². The Balaban J connectivity index is 1.55. The lowest BCUT2D eigenvalue weighted by atomic mass is 10.1. The molecule has 0 aliphatic carbocycles. The maximum absolute atomic E-state index is 12.0. The van der Waals surface area contributed by atoms with Crippen LogP contribution in [0.5, 0.6) is 5.75 Å². The van der Waals surface area contributed by atoms with E-state index in [9.17, 15) is 4.79 Å². The van der Waals surface area contributed by atoms with E-state index in [1.165, 1.54) is 11.8 Å². The van der Waals surface area contributed by atoms with Gasteiger partial charge in [-0.3, -0.25) is 4.79 Å². The highest BCUT2D eigenvalue weighted by Crippen LogP contribution is 2.22. The summed E-state index contributed by atoms with van der Waals surface area (Å²) < 4.78 is 13.1. The molecule has 0 aliphatic rings. The van der Waals surface area contributed by atoms with Crippen LogP contribution < -0.4 is 10.1 Å². The zero-order chi connectivity index (χ0) is 19.9. The predicted octanol–water partition coefficient (Wildman–Crippen LogP) is 3.50. The van der Waals surface area contributed by atoms with Gasteiger partial charge in [-0.25, -0.2) is 0 Å². The van der Waals surface area contributed by atoms with Gasteiger partial charge in [0.15, 0.2) is 11.0 Å². The molecule has 1 amide bonds. The first kappa shape index (κ1) is 20.0. The summed E-state index contributed by atoms with van der Waals surface area (Å²) in [7, 11) is 0. The van der Waals surface area contributed by atoms with E-state index in [4.69, 9.17) is 9.15 Å². The van der Waals surface area contributed by atoms with E-state index < -0.39 is 0 Å². The molecule has 2 aromatic heterocycles. The monoisotopic (exact) mass is 400 g/mol. The van der Waals surface area contributed by atoms with E-state index in [1.54, 1.807) is 12.3 Å². The fraction of sp³-hybridized carbons (Fsp3) is 0.350. The van der Waals surface area contributed by atoms with Crippen molar-refractivity contribution in [1.82, 2.24) is 20.1 Å². The van der Waals surface area contributed by atoms with Crippen LogP contribution in [0.25, 0.3) is 0 Å². The van der Waals surface area contributed by atoms with Crippen LogP contribution in [0.15, 0.2) is 46.2 Å². The second-order valence-electron chi connectivity index (χ2n) is 6.35. The number of thioether (sulfide) groups is 1. The highest BCUT2D eigenvalue weighted by Gasteiger charge is 2.14. The Labute approximate surface area is 168 Å². The van der Waals surface area contributed by atoms with Crippen molar-refractivity contribution in [3.8, 4) is 5.75 Å². The van der Waals surface area contributed by atoms with E-state index in [1.807, 2.05) is 43.5 Å². The summed E-state index contributed by atoms with van der Waals surface area (Å²) in [6.07, 6.45) is 1.59. The number of nitrogens with one attached hydrogen (secondary N) is 1. The third-order valence-electron chi connectivity index (χ3n) is 4.18. The first-order valence-electron chi connectivity index (χ1n) is 9.10. The molecule has 0 fully saturated rings. The maximum atomic E-state index is 12.0. The Morgan fingerprint density at radius 3 is 2.89 bits per heavy atom. The number of benzene rings is 1. The third kappa shape index (κ3) is 5.16. The van der Waals surface area contributed by atoms with Gasteiger partial charge < -0.3 is 19.0 Å². The van der Waals surface area contributed by atoms with Gasteiger partial charge in [0.2, 0.25) is 5.91 Å². The predicted molar refractivity (Wildman–Crippen MR) is 107 cm³/mol. The second kappa shape index (κ2) is 9.45. The van der Waals surface area contributed by atoms with Crippen LogP contribution in [0.2, 0.25) is 0 Å². The Morgan fingerprint density at radius 2 is 2.14 bits per heavy atom. The first-order valence-corrected chi connectivity index (χ1v) is 10.1. The van der Waals surface area contributed by atoms with Crippen LogP contribution in [-0.4, -0.2) is 26.4 Å². The van der Waals surface area contributed by atoms with Gasteiger partial charge in [0.05, 0.1) is 18.6 Å². The minimum absolute atomic E-state index is 0.0831. The van der Waals surface area contributed by atoms with Crippen molar-refractivity contribution in [2.45, 2.75) is 45.6 Å². The zero-order valence-corrected chi connectivity index (χ0v) is 17.1. The van der Waals surface area contributed by atoms with E-state index >= 15 is 0 Å². The van der Waals surface area contributed by atoms with Gasteiger partial charge in [-0.05, 0) is 50.1 Å². The number of rotatable bonds is 9. The topological polar surface area (TPSA) is 82.2 Å². The summed E-state index contributed by atoms with van der Waals surface area (Å²) in [6.45, 7) is 7.48. The zero-order valence-electron chi connectivity index (χ0n) is 16.3. The number of aryl methyl sites for hydroxylation is 2. The normalized spacial score (nSPS) is 10.8. The Bertz CT molecular complexity index is 922. The molecule has 148 valence electrons. The second-order valence-corrected chi connectivity index (χ2v) is 7.29. The molecule has 28 heavy (non-hydrogen) atoms. The standard InChI is InChI=1S/C20H24N4O3S/c1-4-24-18(12-27-17-10-14(2)7-8-15(17)3)22-23-20(24)28-13-19(25)21-11-16-6-5-9-26-16/h5-10H,4,11-13H2,1-3H3,(H,21,25). The van der Waals surface area contributed by atoms with Crippen LogP contribution in [-0.2, 0) is 24.5 Å². The molecule has 1 aromatic carbocycles. The lowest BCUT2D eigenvalue weighted by Crippen LogP contribution is -2.24. The maximum Gasteiger partial charge on any atom is 0.230 e. The molecular weight excluding hydrogens is 376 g/mol. The fourth-order valence-electron chi connectivity index (χ4n) is 2.64. The highest BCUT2D eigenvalue weighted by molar-refractivity contribution is 7.99. The molecule has 3 aromatic rings. The van der Waals surface area contributed by atoms with Crippen LogP contribution >= 0.6 is 11.8 Å². The smallest absolute Gasteiger partial charge is 0.230 e. The van der Waals surface area contributed by atoms with Gasteiger partial charge in [-0.15, -0.1) is 10.2 Å². The summed E-state index contributed by atoms with van der Waals surface area (Å²) >= 11 is 1.36. The Kier molecular flexibility index (Phi) is 6.76. The summed E-state index contributed by atoms with van der Waals surface area (Å²) in [6, 6.07) is 9.73. The number of ether oxygens (including phenoxy) is 1. The van der Waals surface area contributed by atoms with E-state index in [-0.39, 0.29) is 11.7 Å². The number of nitrogens with zero attached hydrogens (tertiary/aromatic N) is 3. The van der Waals surface area contributed by atoms with Crippen LogP contribution in [0.4, 0.5) is 0 Å². The van der Waals surface area contributed by atoms with Crippen molar-refractivity contribution in [3.05, 3.63) is 59.3 Å². The number of carbonyl (C=O) groups is 1. The van der Waals surface area contributed by atoms with Gasteiger partial charge >= 0.3 is 0 Å². The van der Waals surface area contributed by atoms with Crippen molar-refractivity contribution in [3.63, 3.8) is 0 Å². The third-order valence-corrected chi connectivity index (χ3v) is 5.15. The van der Waals surface area contributed by atoms with Gasteiger partial charge in [0.25, 0.3) is 0 Å². The molecule has 0 spiro atoms. The Hall–Kier alpha value is -2.74. The Morgan fingerprint density at radius 1 is 1.29 bits per heavy atom. The molecule has 0 aliphatic heterocycles. The number of furan rings is 1. The fourth-order valence-corrected chi connectivity index (χ4v) is 3.49. The molecule has 0 saturated carbocycles. The van der Waals surface area contributed by atoms with Crippen molar-refractivity contribution in [2.24, 2.45) is 0 Å². The van der Waals surface area contributed by atoms with Crippen molar-refractivity contribution < 1.29 is 13.9 Å². The number of carbonyl (C=O) groups excluding carboxylic acids is 1. The number of hydrogen-bond acceptors (Lipinski definition) is 6. The average Bonchev–Trinajstić information content (AvgIpc) is 3.34. The van der Waals surface area contributed by atoms with E-state index in [0.29, 0.717) is 24.9 Å². The van der Waals surface area contributed by atoms with Gasteiger partial charge in [0, 0.05) is 6.54 Å². The molecule has 0 unspecified atom stereocenters. The van der Waals surface area contributed by atoms with Crippen LogP contribution in [0.3, 0.4) is 0 Å². The molecule has 0 bridgehead atoms. The van der Waals surface area contributed by atoms with Crippen LogP contribution in [0, 0.1) is 13.8 Å². The minimum atomic E-state index is -0.0831. The molecule has 3 rings (SSSR count). The quantitative estimate of drug-likeness (QED) is 0.554. The molecule has 0 saturated heterocycles. The summed E-state index contributed by atoms with van der Waals surface area (Å²) in [5.74, 6) is 2.48. The number of hydrogen-bond donors (Lipinski definition) is 1. The van der Waals surface area contributed by atoms with Crippen molar-refractivity contribution in [1.29, 1.82) is 0 Å². The average molecular weight is 401 g/mol. The minimum Gasteiger partial charge on any atom is -0.485 e. The van der Waals surface area contributed by atoms with Gasteiger partial charge in [0.1, 0.15) is 18.1 Å². The highest BCUT2D eigenvalue weighted by atomic mass is 32.2. The van der Waals surface area contributed by atoms with E-state index in [2.05, 4.69) is 21.6 Å². The SMILES string of the molecule is CCn1c(COc2cc(C)ccc2C)nnc1SCC(=O)NCc1ccco1. The molecule has 0 radical (unpaired) electrons. The molecule has 8 heteroatoms. The summed E-state index contributed by atoms with van der Waals surface area (Å²) in [4.78, 5) is 12.0. The van der Waals surface area contributed by atoms with Crippen LogP contribution in [0.1, 0.15) is 29.6 Å². The number of amides is 1. The van der Waals surface area contributed by atoms with Crippen molar-refractivity contribution in [2.75, 3.05) is 5.75 Å². The first-order chi connectivity index (χ1) is 13.6. The van der Waals surface area contributed by atoms with Gasteiger partial charge in [-0.2, -0.15) is 0 Å². The largest absolute Gasteiger partial charge is 0.485 e. The molecule has 0 atom stereocenters. The van der Waals surface area contributed by atoms with Crippen molar-refractivity contribution >= 4 is 17.7 Å². The number of aromatic nitrogens is 3.